The number of hydrogen-bond acceptors (Lipinski definition) is 7. The number of thiazole rings is 1. The number of rotatable bonds is 8. The van der Waals surface area contributed by atoms with Gasteiger partial charge >= 0.3 is 6.03 Å². The lowest BCUT2D eigenvalue weighted by Gasteiger charge is -2.16. The van der Waals surface area contributed by atoms with Gasteiger partial charge in [-0.25, -0.2) is 9.78 Å². The van der Waals surface area contributed by atoms with Crippen LogP contribution in [0.15, 0.2) is 30.3 Å². The van der Waals surface area contributed by atoms with E-state index in [0.29, 0.717) is 22.8 Å². The lowest BCUT2D eigenvalue weighted by atomic mass is 10.2. The third kappa shape index (κ3) is 5.37. The minimum atomic E-state index is -0.271. The minimum absolute atomic E-state index is 0.102. The van der Waals surface area contributed by atoms with Crippen molar-refractivity contribution in [1.82, 2.24) is 10.3 Å². The number of carbonyl (C=O) groups is 2. The molecule has 170 valence electrons. The van der Waals surface area contributed by atoms with Crippen molar-refractivity contribution in [2.24, 2.45) is 0 Å². The van der Waals surface area contributed by atoms with Crippen LogP contribution in [0.3, 0.4) is 0 Å². The Morgan fingerprint density at radius 3 is 2.47 bits per heavy atom. The number of fused-ring (bicyclic) bond motifs is 1. The van der Waals surface area contributed by atoms with E-state index >= 15 is 0 Å². The molecule has 2 aromatic heterocycles. The molecule has 0 saturated carbocycles. The summed E-state index contributed by atoms with van der Waals surface area (Å²) in [7, 11) is 0. The van der Waals surface area contributed by atoms with Gasteiger partial charge in [0.05, 0.1) is 15.7 Å². The SMILES string of the molecule is CCN(CC)c1nc2sc(C(=O)Nc3ccc(NC(=O)NCC4CCCO4)cc3)cc2s1. The monoisotopic (exact) mass is 473 g/mol. The summed E-state index contributed by atoms with van der Waals surface area (Å²) in [5, 5.41) is 9.50. The largest absolute Gasteiger partial charge is 0.376 e. The van der Waals surface area contributed by atoms with Crippen LogP contribution in [-0.4, -0.2) is 49.3 Å². The van der Waals surface area contributed by atoms with E-state index in [-0.39, 0.29) is 18.0 Å². The number of urea groups is 1. The van der Waals surface area contributed by atoms with Crippen LogP contribution in [-0.2, 0) is 4.74 Å². The van der Waals surface area contributed by atoms with Gasteiger partial charge in [0.25, 0.3) is 5.91 Å². The molecule has 1 aromatic carbocycles. The number of anilines is 3. The first kappa shape index (κ1) is 22.5. The average molecular weight is 474 g/mol. The van der Waals surface area contributed by atoms with E-state index in [2.05, 4.69) is 39.7 Å². The third-order valence-corrected chi connectivity index (χ3v) is 7.47. The van der Waals surface area contributed by atoms with Gasteiger partial charge in [-0.1, -0.05) is 11.3 Å². The molecule has 0 radical (unpaired) electrons. The van der Waals surface area contributed by atoms with Crippen molar-refractivity contribution in [3.8, 4) is 0 Å². The summed E-state index contributed by atoms with van der Waals surface area (Å²) >= 11 is 3.01. The Morgan fingerprint density at radius 2 is 1.84 bits per heavy atom. The molecular weight excluding hydrogens is 446 g/mol. The van der Waals surface area contributed by atoms with Gasteiger partial charge in [-0.05, 0) is 57.0 Å². The standard InChI is InChI=1S/C22H27N5O3S2/c1-3-27(4-2)22-26-20-18(32-22)12-17(31-20)19(28)24-14-7-9-15(10-8-14)25-21(29)23-13-16-6-5-11-30-16/h7-10,12,16H,3-6,11,13H2,1-2H3,(H,24,28)(H2,23,25,29). The van der Waals surface area contributed by atoms with E-state index in [1.54, 1.807) is 35.6 Å². The number of thiophene rings is 1. The molecule has 3 heterocycles. The molecule has 10 heteroatoms. The van der Waals surface area contributed by atoms with E-state index in [0.717, 1.165) is 47.2 Å². The van der Waals surface area contributed by atoms with Gasteiger partial charge in [-0.15, -0.1) is 11.3 Å². The number of benzene rings is 1. The Hall–Kier alpha value is -2.69. The fourth-order valence-electron chi connectivity index (χ4n) is 3.48. The van der Waals surface area contributed by atoms with Gasteiger partial charge in [-0.2, -0.15) is 0 Å². The van der Waals surface area contributed by atoms with Crippen LogP contribution in [0.5, 0.6) is 0 Å². The van der Waals surface area contributed by atoms with Gasteiger partial charge in [-0.3, -0.25) is 4.79 Å². The molecule has 32 heavy (non-hydrogen) atoms. The van der Waals surface area contributed by atoms with Gasteiger partial charge < -0.3 is 25.6 Å². The quantitative estimate of drug-likeness (QED) is 0.439. The summed E-state index contributed by atoms with van der Waals surface area (Å²) < 4.78 is 6.52. The molecule has 1 atom stereocenters. The molecule has 0 aliphatic carbocycles. The summed E-state index contributed by atoms with van der Waals surface area (Å²) in [6, 6.07) is 8.67. The second-order valence-electron chi connectivity index (χ2n) is 7.45. The van der Waals surface area contributed by atoms with E-state index in [4.69, 9.17) is 4.74 Å². The number of nitrogens with zero attached hydrogens (tertiary/aromatic N) is 2. The van der Waals surface area contributed by atoms with E-state index in [9.17, 15) is 9.59 Å². The predicted molar refractivity (Wildman–Crippen MR) is 131 cm³/mol. The zero-order valence-electron chi connectivity index (χ0n) is 18.1. The zero-order valence-corrected chi connectivity index (χ0v) is 19.8. The maximum atomic E-state index is 12.7. The number of carbonyl (C=O) groups excluding carboxylic acids is 2. The highest BCUT2D eigenvalue weighted by atomic mass is 32.1. The highest BCUT2D eigenvalue weighted by Crippen LogP contribution is 2.34. The summed E-state index contributed by atoms with van der Waals surface area (Å²) in [5.41, 5.74) is 1.31. The lowest BCUT2D eigenvalue weighted by molar-refractivity contribution is 0.103. The lowest BCUT2D eigenvalue weighted by Crippen LogP contribution is -2.35. The highest BCUT2D eigenvalue weighted by molar-refractivity contribution is 7.29. The van der Waals surface area contributed by atoms with Crippen LogP contribution in [0.25, 0.3) is 9.53 Å². The first-order valence-electron chi connectivity index (χ1n) is 10.8. The zero-order chi connectivity index (χ0) is 22.5. The molecule has 3 aromatic rings. The Bertz CT molecular complexity index is 1040. The molecule has 1 fully saturated rings. The third-order valence-electron chi connectivity index (χ3n) is 5.25. The summed E-state index contributed by atoms with van der Waals surface area (Å²) in [4.78, 5) is 33.1. The first-order chi connectivity index (χ1) is 15.6. The van der Waals surface area contributed by atoms with Crippen molar-refractivity contribution in [3.05, 3.63) is 35.2 Å². The smallest absolute Gasteiger partial charge is 0.319 e. The second kappa shape index (κ2) is 10.3. The van der Waals surface area contributed by atoms with Crippen molar-refractivity contribution in [1.29, 1.82) is 0 Å². The number of amides is 3. The maximum Gasteiger partial charge on any atom is 0.319 e. The fraction of sp³-hybridized carbons (Fsp3) is 0.409. The molecule has 3 N–H and O–H groups in total. The molecule has 1 unspecified atom stereocenters. The molecule has 1 aliphatic rings. The Kier molecular flexibility index (Phi) is 7.23. The van der Waals surface area contributed by atoms with Crippen LogP contribution in [0.4, 0.5) is 21.3 Å². The van der Waals surface area contributed by atoms with E-state index in [1.807, 2.05) is 6.07 Å². The van der Waals surface area contributed by atoms with Gasteiger partial charge in [0.1, 0.15) is 4.83 Å². The molecule has 8 nitrogen and oxygen atoms in total. The van der Waals surface area contributed by atoms with Crippen LogP contribution in [0.2, 0.25) is 0 Å². The van der Waals surface area contributed by atoms with Gasteiger partial charge in [0, 0.05) is 37.6 Å². The molecule has 1 saturated heterocycles. The van der Waals surface area contributed by atoms with Gasteiger partial charge in [0.15, 0.2) is 5.13 Å². The maximum absolute atomic E-state index is 12.7. The number of hydrogen-bond donors (Lipinski definition) is 3. The van der Waals surface area contributed by atoms with Crippen molar-refractivity contribution < 1.29 is 14.3 Å². The van der Waals surface area contributed by atoms with Crippen LogP contribution < -0.4 is 20.9 Å². The van der Waals surface area contributed by atoms with Crippen molar-refractivity contribution >= 4 is 60.6 Å². The van der Waals surface area contributed by atoms with E-state index < -0.39 is 0 Å². The number of ether oxygens (including phenoxy) is 1. The van der Waals surface area contributed by atoms with E-state index in [1.165, 1.54) is 11.3 Å². The average Bonchev–Trinajstić information content (AvgIpc) is 3.51. The number of nitrogens with one attached hydrogen (secondary N) is 3. The summed E-state index contributed by atoms with van der Waals surface area (Å²) in [6.45, 7) is 7.30. The molecule has 4 rings (SSSR count). The molecule has 0 spiro atoms. The number of aromatic nitrogens is 1. The first-order valence-corrected chi connectivity index (χ1v) is 12.4. The Morgan fingerprint density at radius 1 is 1.12 bits per heavy atom. The van der Waals surface area contributed by atoms with Crippen molar-refractivity contribution in [2.75, 3.05) is 41.8 Å². The Labute approximate surface area is 195 Å². The highest BCUT2D eigenvalue weighted by Gasteiger charge is 2.17. The predicted octanol–water partition coefficient (Wildman–Crippen LogP) is 4.76. The fourth-order valence-corrected chi connectivity index (χ4v) is 5.72. The molecule has 0 bridgehead atoms. The van der Waals surface area contributed by atoms with Crippen molar-refractivity contribution in [2.45, 2.75) is 32.8 Å². The van der Waals surface area contributed by atoms with Crippen LogP contribution >= 0.6 is 22.7 Å². The Balaban J connectivity index is 1.31. The summed E-state index contributed by atoms with van der Waals surface area (Å²) in [5.74, 6) is -0.167. The van der Waals surface area contributed by atoms with Crippen LogP contribution in [0, 0.1) is 0 Å². The molecule has 3 amide bonds. The molecule has 1 aliphatic heterocycles. The second-order valence-corrected chi connectivity index (χ2v) is 9.49. The minimum Gasteiger partial charge on any atom is -0.376 e. The summed E-state index contributed by atoms with van der Waals surface area (Å²) in [6.07, 6.45) is 2.12. The normalized spacial score (nSPS) is 15.6. The molecular formula is C22H27N5O3S2. The topological polar surface area (TPSA) is 95.6 Å². The van der Waals surface area contributed by atoms with Crippen LogP contribution in [0.1, 0.15) is 36.4 Å². The van der Waals surface area contributed by atoms with Gasteiger partial charge in [0.2, 0.25) is 0 Å². The van der Waals surface area contributed by atoms with Crippen molar-refractivity contribution in [3.63, 3.8) is 0 Å².